The van der Waals surface area contributed by atoms with Crippen molar-refractivity contribution in [2.45, 2.75) is 25.1 Å². The van der Waals surface area contributed by atoms with Crippen molar-refractivity contribution in [3.8, 4) is 0 Å². The average Bonchev–Trinajstić information content (AvgIpc) is 2.84. The maximum absolute atomic E-state index is 13.6. The number of thiophene rings is 1. The monoisotopic (exact) mass is 301 g/mol. The van der Waals surface area contributed by atoms with Crippen LogP contribution in [0.25, 0.3) is 0 Å². The number of anilines is 1. The van der Waals surface area contributed by atoms with Gasteiger partial charge in [0.2, 0.25) is 0 Å². The molecule has 1 aliphatic heterocycles. The fourth-order valence-corrected chi connectivity index (χ4v) is 3.07. The zero-order valence-electron chi connectivity index (χ0n) is 10.9. The highest BCUT2D eigenvalue weighted by Gasteiger charge is 2.29. The number of rotatable bonds is 4. The van der Waals surface area contributed by atoms with E-state index >= 15 is 0 Å². The van der Waals surface area contributed by atoms with Gasteiger partial charge >= 0.3 is 5.97 Å². The molecule has 0 aliphatic carbocycles. The molecule has 1 amide bonds. The van der Waals surface area contributed by atoms with Gasteiger partial charge in [-0.1, -0.05) is 6.92 Å². The Hall–Kier alpha value is -1.67. The van der Waals surface area contributed by atoms with Crippen LogP contribution >= 0.6 is 11.3 Å². The third-order valence-corrected chi connectivity index (χ3v) is 4.56. The molecule has 1 aromatic rings. The fraction of sp³-hybridized carbons (Fsp3) is 0.500. The zero-order chi connectivity index (χ0) is 14.9. The summed E-state index contributed by atoms with van der Waals surface area (Å²) in [5, 5.41) is 14.0. The Bertz CT molecular complexity index is 534. The second kappa shape index (κ2) is 5.76. The molecule has 1 aromatic heterocycles. The quantitative estimate of drug-likeness (QED) is 0.657. The smallest absolute Gasteiger partial charge is 0.322 e. The molecular weight excluding hydrogens is 285 g/mol. The maximum atomic E-state index is 13.6. The van der Waals surface area contributed by atoms with Crippen LogP contribution in [0.5, 0.6) is 0 Å². The van der Waals surface area contributed by atoms with E-state index in [9.17, 15) is 14.0 Å². The summed E-state index contributed by atoms with van der Waals surface area (Å²) in [4.78, 5) is 23.7. The van der Waals surface area contributed by atoms with Crippen molar-refractivity contribution in [2.24, 2.45) is 5.73 Å². The largest absolute Gasteiger partial charge is 0.480 e. The Balaban J connectivity index is 2.05. The summed E-state index contributed by atoms with van der Waals surface area (Å²) in [6.07, 6.45) is -0.975. The first-order chi connectivity index (χ1) is 9.40. The number of nitrogens with one attached hydrogen (secondary N) is 2. The molecule has 6 nitrogen and oxygen atoms in total. The molecule has 2 rings (SSSR count). The maximum Gasteiger partial charge on any atom is 0.322 e. The van der Waals surface area contributed by atoms with E-state index < -0.39 is 24.1 Å². The number of aliphatic carboxylic acids is 1. The fourth-order valence-electron chi connectivity index (χ4n) is 1.92. The molecule has 0 bridgehead atoms. The lowest BCUT2D eigenvalue weighted by Crippen LogP contribution is -2.42. The number of carboxylic acid groups (broad SMARTS) is 1. The second-order valence-corrected chi connectivity index (χ2v) is 5.81. The highest BCUT2D eigenvalue weighted by Crippen LogP contribution is 2.39. The van der Waals surface area contributed by atoms with E-state index in [1.807, 2.05) is 0 Å². The predicted octanol–water partition coefficient (Wildman–Crippen LogP) is 0.757. The van der Waals surface area contributed by atoms with Crippen LogP contribution in [0.15, 0.2) is 6.07 Å². The molecule has 1 aliphatic rings. The summed E-state index contributed by atoms with van der Waals surface area (Å²) in [6.45, 7) is 1.87. The summed E-state index contributed by atoms with van der Waals surface area (Å²) in [6, 6.07) is 0.519. The highest BCUT2D eigenvalue weighted by atomic mass is 32.1. The second-order valence-electron chi connectivity index (χ2n) is 4.73. The van der Waals surface area contributed by atoms with Gasteiger partial charge in [-0.2, -0.15) is 0 Å². The number of carbonyl (C=O) groups is 2. The lowest BCUT2D eigenvalue weighted by Gasteiger charge is -2.23. The molecule has 2 unspecified atom stereocenters. The van der Waals surface area contributed by atoms with E-state index in [0.717, 1.165) is 10.6 Å². The van der Waals surface area contributed by atoms with Crippen LogP contribution in [0.3, 0.4) is 0 Å². The van der Waals surface area contributed by atoms with Crippen molar-refractivity contribution < 1.29 is 19.1 Å². The van der Waals surface area contributed by atoms with Crippen LogP contribution in [-0.4, -0.2) is 42.3 Å². The topological polar surface area (TPSA) is 104 Å². The number of hydrogen-bond donors (Lipinski definition) is 4. The molecule has 0 radical (unpaired) electrons. The summed E-state index contributed by atoms with van der Waals surface area (Å²) in [5.74, 6) is -1.82. The van der Waals surface area contributed by atoms with Crippen LogP contribution in [0.1, 0.15) is 27.4 Å². The molecule has 20 heavy (non-hydrogen) atoms. The van der Waals surface area contributed by atoms with Gasteiger partial charge in [-0.3, -0.25) is 9.59 Å². The summed E-state index contributed by atoms with van der Waals surface area (Å²) in [5.41, 5.74) is 6.08. The number of fused-ring (bicyclic) bond motifs is 1. The van der Waals surface area contributed by atoms with Crippen LogP contribution in [0.2, 0.25) is 0 Å². The van der Waals surface area contributed by atoms with Crippen molar-refractivity contribution in [1.82, 2.24) is 5.32 Å². The molecule has 0 saturated carbocycles. The first-order valence-electron chi connectivity index (χ1n) is 6.18. The Morgan fingerprint density at radius 3 is 3.05 bits per heavy atom. The van der Waals surface area contributed by atoms with Crippen molar-refractivity contribution >= 4 is 28.9 Å². The van der Waals surface area contributed by atoms with Crippen molar-refractivity contribution in [1.29, 1.82) is 0 Å². The summed E-state index contributed by atoms with van der Waals surface area (Å²) in [7, 11) is 0. The predicted molar refractivity (Wildman–Crippen MR) is 74.1 cm³/mol. The normalized spacial score (nSPS) is 22.6. The molecule has 0 spiro atoms. The number of carboxylic acids is 1. The van der Waals surface area contributed by atoms with Gasteiger partial charge in [-0.15, -0.1) is 11.3 Å². The highest BCUT2D eigenvalue weighted by molar-refractivity contribution is 7.14. The Kier molecular flexibility index (Phi) is 4.24. The standard InChI is InChI=1S/C12H16FN3O3S/c1-5-6(13)3-15-8-2-9(20-10(5)8)11(17)16-4-7(14)12(18)19/h2,5-7,15H,3-4,14H2,1H3,(H,16,17)(H,18,19)/t5?,6?,7-/m1/s1. The van der Waals surface area contributed by atoms with Crippen molar-refractivity contribution in [2.75, 3.05) is 18.4 Å². The van der Waals surface area contributed by atoms with E-state index in [0.29, 0.717) is 4.88 Å². The lowest BCUT2D eigenvalue weighted by molar-refractivity contribution is -0.138. The summed E-state index contributed by atoms with van der Waals surface area (Å²) < 4.78 is 13.6. The lowest BCUT2D eigenvalue weighted by atomic mass is 9.99. The molecule has 5 N–H and O–H groups in total. The number of carbonyl (C=O) groups excluding carboxylic acids is 1. The Labute approximate surface area is 119 Å². The van der Waals surface area contributed by atoms with Crippen LogP contribution in [-0.2, 0) is 4.79 Å². The minimum Gasteiger partial charge on any atom is -0.480 e. The van der Waals surface area contributed by atoms with E-state index in [2.05, 4.69) is 10.6 Å². The third kappa shape index (κ3) is 2.91. The van der Waals surface area contributed by atoms with Gasteiger partial charge in [0.1, 0.15) is 12.2 Å². The van der Waals surface area contributed by atoms with Crippen LogP contribution < -0.4 is 16.4 Å². The molecule has 2 heterocycles. The van der Waals surface area contributed by atoms with E-state index in [4.69, 9.17) is 10.8 Å². The third-order valence-electron chi connectivity index (χ3n) is 3.23. The van der Waals surface area contributed by atoms with E-state index in [-0.39, 0.29) is 19.0 Å². The van der Waals surface area contributed by atoms with Crippen LogP contribution in [0, 0.1) is 0 Å². The van der Waals surface area contributed by atoms with E-state index in [1.165, 1.54) is 11.3 Å². The minimum absolute atomic E-state index is 0.147. The van der Waals surface area contributed by atoms with Gasteiger partial charge < -0.3 is 21.5 Å². The average molecular weight is 301 g/mol. The van der Waals surface area contributed by atoms with Crippen molar-refractivity contribution in [3.05, 3.63) is 15.8 Å². The van der Waals surface area contributed by atoms with Crippen molar-refractivity contribution in [3.63, 3.8) is 0 Å². The molecule has 0 fully saturated rings. The number of alkyl halides is 1. The number of halogens is 1. The minimum atomic E-state index is -1.17. The Morgan fingerprint density at radius 1 is 1.70 bits per heavy atom. The number of amides is 1. The molecule has 3 atom stereocenters. The van der Waals surface area contributed by atoms with Gasteiger partial charge in [0.05, 0.1) is 4.88 Å². The van der Waals surface area contributed by atoms with Gasteiger partial charge in [0.15, 0.2) is 0 Å². The van der Waals surface area contributed by atoms with Gasteiger partial charge in [0, 0.05) is 29.6 Å². The zero-order valence-corrected chi connectivity index (χ0v) is 11.7. The number of nitrogens with two attached hydrogens (primary N) is 1. The van der Waals surface area contributed by atoms with E-state index in [1.54, 1.807) is 13.0 Å². The van der Waals surface area contributed by atoms with Gasteiger partial charge in [-0.05, 0) is 6.07 Å². The molecule has 0 aromatic carbocycles. The molecular formula is C12H16FN3O3S. The molecule has 0 saturated heterocycles. The summed E-state index contributed by atoms with van der Waals surface area (Å²) >= 11 is 1.21. The molecule has 110 valence electrons. The first-order valence-corrected chi connectivity index (χ1v) is 7.00. The first kappa shape index (κ1) is 14.7. The SMILES string of the molecule is CC1c2sc(C(=O)NC[C@@H](N)C(=O)O)cc2NCC1F. The van der Waals surface area contributed by atoms with Gasteiger partial charge in [0.25, 0.3) is 5.91 Å². The molecule has 8 heteroatoms. The number of hydrogen-bond acceptors (Lipinski definition) is 5. The van der Waals surface area contributed by atoms with Crippen LogP contribution in [0.4, 0.5) is 10.1 Å². The Morgan fingerprint density at radius 2 is 2.40 bits per heavy atom. The van der Waals surface area contributed by atoms with Gasteiger partial charge in [-0.25, -0.2) is 4.39 Å².